The summed E-state index contributed by atoms with van der Waals surface area (Å²) in [6, 6.07) is 1.80. The van der Waals surface area contributed by atoms with Gasteiger partial charge in [-0.25, -0.2) is 4.98 Å². The lowest BCUT2D eigenvalue weighted by molar-refractivity contribution is -0.121. The van der Waals surface area contributed by atoms with Crippen LogP contribution in [0.1, 0.15) is 0 Å². The van der Waals surface area contributed by atoms with E-state index in [0.29, 0.717) is 0 Å². The standard InChI is InChI=1S/C7H9N5O/c8-1-2-10-6(13)5-12-4-3-11-7(12)9/h3-4H,2,5H2,(H2,9,11)(H,10,13). The molecule has 1 aromatic rings. The third-order valence-electron chi connectivity index (χ3n) is 1.43. The van der Waals surface area contributed by atoms with Gasteiger partial charge in [-0.15, -0.1) is 0 Å². The van der Waals surface area contributed by atoms with Crippen molar-refractivity contribution >= 4 is 11.9 Å². The molecule has 1 rings (SSSR count). The number of nitrogens with two attached hydrogens (primary N) is 1. The molecule has 0 fully saturated rings. The number of hydrogen-bond donors (Lipinski definition) is 2. The minimum absolute atomic E-state index is 0.00738. The van der Waals surface area contributed by atoms with Crippen molar-refractivity contribution in [3.63, 3.8) is 0 Å². The van der Waals surface area contributed by atoms with E-state index in [1.54, 1.807) is 12.3 Å². The van der Waals surface area contributed by atoms with Crippen molar-refractivity contribution in [2.75, 3.05) is 12.3 Å². The predicted molar refractivity (Wildman–Crippen MR) is 45.3 cm³/mol. The maximum atomic E-state index is 11.1. The molecule has 3 N–H and O–H groups in total. The predicted octanol–water partition coefficient (Wildman–Crippen LogP) is -0.895. The highest BCUT2D eigenvalue weighted by Gasteiger charge is 2.03. The molecular formula is C7H9N5O. The molecular weight excluding hydrogens is 170 g/mol. The maximum Gasteiger partial charge on any atom is 0.240 e. The number of carbonyl (C=O) groups is 1. The molecule has 13 heavy (non-hydrogen) atoms. The number of rotatable bonds is 3. The third-order valence-corrected chi connectivity index (χ3v) is 1.43. The van der Waals surface area contributed by atoms with Crippen molar-refractivity contribution in [1.29, 1.82) is 5.26 Å². The van der Waals surface area contributed by atoms with Crippen molar-refractivity contribution in [2.45, 2.75) is 6.54 Å². The van der Waals surface area contributed by atoms with Crippen LogP contribution in [0.4, 0.5) is 5.95 Å². The average molecular weight is 179 g/mol. The summed E-state index contributed by atoms with van der Waals surface area (Å²) in [5.41, 5.74) is 5.42. The van der Waals surface area contributed by atoms with Gasteiger partial charge >= 0.3 is 0 Å². The van der Waals surface area contributed by atoms with Gasteiger partial charge in [0.15, 0.2) is 0 Å². The first-order chi connectivity index (χ1) is 6.24. The summed E-state index contributed by atoms with van der Waals surface area (Å²) in [4.78, 5) is 14.8. The summed E-state index contributed by atoms with van der Waals surface area (Å²) in [6.07, 6.45) is 3.11. The number of nitrogens with zero attached hydrogens (tertiary/aromatic N) is 3. The fourth-order valence-corrected chi connectivity index (χ4v) is 0.823. The van der Waals surface area contributed by atoms with E-state index in [1.807, 2.05) is 0 Å². The van der Waals surface area contributed by atoms with E-state index < -0.39 is 0 Å². The smallest absolute Gasteiger partial charge is 0.240 e. The molecule has 0 aliphatic rings. The summed E-state index contributed by atoms with van der Waals surface area (Å²) in [7, 11) is 0. The Hall–Kier alpha value is -2.03. The van der Waals surface area contributed by atoms with Crippen LogP contribution in [0.25, 0.3) is 0 Å². The van der Waals surface area contributed by atoms with E-state index in [0.717, 1.165) is 0 Å². The summed E-state index contributed by atoms with van der Waals surface area (Å²) >= 11 is 0. The lowest BCUT2D eigenvalue weighted by Gasteiger charge is -2.02. The Morgan fingerprint density at radius 3 is 3.15 bits per heavy atom. The molecule has 0 bridgehead atoms. The average Bonchev–Trinajstić information content (AvgIpc) is 2.48. The fraction of sp³-hybridized carbons (Fsp3) is 0.286. The van der Waals surface area contributed by atoms with Crippen molar-refractivity contribution < 1.29 is 4.79 Å². The van der Waals surface area contributed by atoms with E-state index in [-0.39, 0.29) is 24.9 Å². The van der Waals surface area contributed by atoms with Crippen LogP contribution in [-0.4, -0.2) is 22.0 Å². The molecule has 0 saturated carbocycles. The number of nitrogen functional groups attached to an aromatic ring is 1. The molecule has 0 spiro atoms. The van der Waals surface area contributed by atoms with E-state index in [2.05, 4.69) is 10.3 Å². The van der Waals surface area contributed by atoms with Crippen molar-refractivity contribution in [1.82, 2.24) is 14.9 Å². The zero-order valence-electron chi connectivity index (χ0n) is 6.90. The number of anilines is 1. The minimum atomic E-state index is -0.258. The molecule has 0 radical (unpaired) electrons. The highest BCUT2D eigenvalue weighted by atomic mass is 16.1. The molecule has 1 amide bonds. The fourth-order valence-electron chi connectivity index (χ4n) is 0.823. The molecule has 0 unspecified atom stereocenters. The summed E-state index contributed by atoms with van der Waals surface area (Å²) in [5.74, 6) is 0.0263. The number of imidazole rings is 1. The quantitative estimate of drug-likeness (QED) is 0.588. The van der Waals surface area contributed by atoms with Gasteiger partial charge in [0.2, 0.25) is 11.9 Å². The number of nitriles is 1. The second-order valence-electron chi connectivity index (χ2n) is 2.35. The van der Waals surface area contributed by atoms with Crippen LogP contribution < -0.4 is 11.1 Å². The monoisotopic (exact) mass is 179 g/mol. The lowest BCUT2D eigenvalue weighted by Crippen LogP contribution is -2.27. The summed E-state index contributed by atoms with van der Waals surface area (Å²) in [5, 5.41) is 10.6. The second-order valence-corrected chi connectivity index (χ2v) is 2.35. The molecule has 0 aromatic carbocycles. The summed E-state index contributed by atoms with van der Waals surface area (Å²) in [6.45, 7) is 0.0982. The van der Waals surface area contributed by atoms with Crippen LogP contribution in [0.2, 0.25) is 0 Å². The molecule has 0 atom stereocenters. The van der Waals surface area contributed by atoms with Crippen molar-refractivity contribution in [3.05, 3.63) is 12.4 Å². The first-order valence-corrected chi connectivity index (χ1v) is 3.64. The Balaban J connectivity index is 2.46. The number of hydrogen-bond acceptors (Lipinski definition) is 4. The highest BCUT2D eigenvalue weighted by molar-refractivity contribution is 5.76. The Morgan fingerprint density at radius 2 is 2.62 bits per heavy atom. The van der Waals surface area contributed by atoms with E-state index in [9.17, 15) is 4.79 Å². The first-order valence-electron chi connectivity index (χ1n) is 3.64. The van der Waals surface area contributed by atoms with Crippen molar-refractivity contribution in [3.8, 4) is 6.07 Å². The van der Waals surface area contributed by atoms with Gasteiger partial charge in [-0.05, 0) is 0 Å². The van der Waals surface area contributed by atoms with Gasteiger partial charge in [-0.2, -0.15) is 5.26 Å². The largest absolute Gasteiger partial charge is 0.369 e. The topological polar surface area (TPSA) is 96.7 Å². The molecule has 0 aliphatic carbocycles. The maximum absolute atomic E-state index is 11.1. The van der Waals surface area contributed by atoms with Gasteiger partial charge in [-0.1, -0.05) is 0 Å². The Kier molecular flexibility index (Phi) is 2.87. The van der Waals surface area contributed by atoms with E-state index >= 15 is 0 Å². The molecule has 6 heteroatoms. The van der Waals surface area contributed by atoms with Crippen LogP contribution >= 0.6 is 0 Å². The van der Waals surface area contributed by atoms with Gasteiger partial charge in [0, 0.05) is 12.4 Å². The SMILES string of the molecule is N#CCNC(=O)Cn1ccnc1N. The summed E-state index contributed by atoms with van der Waals surface area (Å²) < 4.78 is 1.49. The van der Waals surface area contributed by atoms with Crippen LogP contribution in [0.15, 0.2) is 12.4 Å². The van der Waals surface area contributed by atoms with Crippen LogP contribution in [-0.2, 0) is 11.3 Å². The Bertz CT molecular complexity index is 337. The molecule has 68 valence electrons. The zero-order valence-corrected chi connectivity index (χ0v) is 6.90. The van der Waals surface area contributed by atoms with Crippen LogP contribution in [0.5, 0.6) is 0 Å². The first kappa shape index (κ1) is 9.06. The lowest BCUT2D eigenvalue weighted by atomic mass is 10.5. The van der Waals surface area contributed by atoms with Gasteiger partial charge in [0.05, 0.1) is 6.07 Å². The van der Waals surface area contributed by atoms with Gasteiger partial charge in [-0.3, -0.25) is 4.79 Å². The van der Waals surface area contributed by atoms with Crippen LogP contribution in [0, 0.1) is 11.3 Å². The number of nitrogens with one attached hydrogen (secondary N) is 1. The minimum Gasteiger partial charge on any atom is -0.369 e. The molecule has 0 saturated heterocycles. The Labute approximate surface area is 75.0 Å². The molecule has 6 nitrogen and oxygen atoms in total. The highest BCUT2D eigenvalue weighted by Crippen LogP contribution is 1.96. The number of aromatic nitrogens is 2. The van der Waals surface area contributed by atoms with Gasteiger partial charge in [0.1, 0.15) is 13.1 Å². The molecule has 1 heterocycles. The van der Waals surface area contributed by atoms with E-state index in [1.165, 1.54) is 10.8 Å². The molecule has 0 aliphatic heterocycles. The normalized spacial score (nSPS) is 9.15. The zero-order chi connectivity index (χ0) is 9.68. The number of amides is 1. The van der Waals surface area contributed by atoms with Crippen LogP contribution in [0.3, 0.4) is 0 Å². The van der Waals surface area contributed by atoms with Gasteiger partial charge < -0.3 is 15.6 Å². The third kappa shape index (κ3) is 2.48. The Morgan fingerprint density at radius 1 is 1.85 bits per heavy atom. The van der Waals surface area contributed by atoms with Gasteiger partial charge in [0.25, 0.3) is 0 Å². The van der Waals surface area contributed by atoms with E-state index in [4.69, 9.17) is 11.0 Å². The molecule has 1 aromatic heterocycles. The second kappa shape index (κ2) is 4.11. The van der Waals surface area contributed by atoms with Crippen molar-refractivity contribution in [2.24, 2.45) is 0 Å². The number of carbonyl (C=O) groups excluding carboxylic acids is 1.